The van der Waals surface area contributed by atoms with Gasteiger partial charge in [0, 0.05) is 13.2 Å². The summed E-state index contributed by atoms with van der Waals surface area (Å²) in [7, 11) is 1.91. The summed E-state index contributed by atoms with van der Waals surface area (Å²) in [6.45, 7) is 0.514. The van der Waals surface area contributed by atoms with E-state index in [9.17, 15) is 4.79 Å². The molecule has 0 aromatic carbocycles. The van der Waals surface area contributed by atoms with Crippen LogP contribution in [-0.2, 0) is 6.54 Å². The van der Waals surface area contributed by atoms with Gasteiger partial charge in [-0.1, -0.05) is 0 Å². The molecule has 17 heavy (non-hydrogen) atoms. The van der Waals surface area contributed by atoms with Gasteiger partial charge in [-0.2, -0.15) is 0 Å². The molecule has 6 heteroatoms. The van der Waals surface area contributed by atoms with Gasteiger partial charge in [0.2, 0.25) is 0 Å². The van der Waals surface area contributed by atoms with Gasteiger partial charge >= 0.3 is 5.97 Å². The Kier molecular flexibility index (Phi) is 1.91. The number of aromatic carboxylic acids is 1. The summed E-state index contributed by atoms with van der Waals surface area (Å²) in [6.07, 6.45) is 4.99. The van der Waals surface area contributed by atoms with Crippen molar-refractivity contribution < 1.29 is 9.90 Å². The SMILES string of the molecule is CN1Cc2c(C(=O)O)ncn2-c2ccncc21. The molecule has 2 aromatic heterocycles. The third-order valence-electron chi connectivity index (χ3n) is 2.90. The molecular formula is C11H10N4O2. The molecule has 1 aliphatic rings. The van der Waals surface area contributed by atoms with Gasteiger partial charge in [-0.05, 0) is 6.07 Å². The lowest BCUT2D eigenvalue weighted by Crippen LogP contribution is -2.26. The maximum absolute atomic E-state index is 11.0. The number of carboxylic acid groups (broad SMARTS) is 1. The van der Waals surface area contributed by atoms with Crippen LogP contribution in [0.4, 0.5) is 5.69 Å². The Morgan fingerprint density at radius 3 is 3.06 bits per heavy atom. The number of carbonyl (C=O) groups is 1. The van der Waals surface area contributed by atoms with Crippen molar-refractivity contribution in [2.45, 2.75) is 6.54 Å². The van der Waals surface area contributed by atoms with Crippen LogP contribution in [0.1, 0.15) is 16.2 Å². The van der Waals surface area contributed by atoms with Gasteiger partial charge in [0.1, 0.15) is 6.33 Å². The smallest absolute Gasteiger partial charge is 0.356 e. The van der Waals surface area contributed by atoms with Gasteiger partial charge in [-0.3, -0.25) is 9.55 Å². The first-order chi connectivity index (χ1) is 8.18. The zero-order valence-electron chi connectivity index (χ0n) is 9.16. The predicted octanol–water partition coefficient (Wildman–Crippen LogP) is 0.915. The molecule has 0 fully saturated rings. The molecule has 0 radical (unpaired) electrons. The monoisotopic (exact) mass is 230 g/mol. The summed E-state index contributed by atoms with van der Waals surface area (Å²) in [4.78, 5) is 21.0. The highest BCUT2D eigenvalue weighted by Crippen LogP contribution is 2.30. The number of anilines is 1. The maximum atomic E-state index is 11.0. The average molecular weight is 230 g/mol. The van der Waals surface area contributed by atoms with Crippen LogP contribution in [-0.4, -0.2) is 32.7 Å². The fourth-order valence-electron chi connectivity index (χ4n) is 2.10. The molecule has 0 saturated heterocycles. The van der Waals surface area contributed by atoms with E-state index in [1.165, 1.54) is 0 Å². The number of nitrogens with zero attached hydrogens (tertiary/aromatic N) is 4. The van der Waals surface area contributed by atoms with Crippen LogP contribution in [0.25, 0.3) is 5.69 Å². The molecule has 0 unspecified atom stereocenters. The normalized spacial score (nSPS) is 13.1. The van der Waals surface area contributed by atoms with E-state index < -0.39 is 5.97 Å². The number of pyridine rings is 1. The Hall–Kier alpha value is -2.37. The molecular weight excluding hydrogens is 220 g/mol. The fraction of sp³-hybridized carbons (Fsp3) is 0.182. The number of hydrogen-bond acceptors (Lipinski definition) is 4. The Morgan fingerprint density at radius 2 is 2.29 bits per heavy atom. The number of aromatic nitrogens is 3. The lowest BCUT2D eigenvalue weighted by atomic mass is 10.2. The molecule has 0 aliphatic carbocycles. The minimum Gasteiger partial charge on any atom is -0.476 e. The first-order valence-corrected chi connectivity index (χ1v) is 5.13. The summed E-state index contributed by atoms with van der Waals surface area (Å²) in [5.41, 5.74) is 2.68. The van der Waals surface area contributed by atoms with E-state index >= 15 is 0 Å². The van der Waals surface area contributed by atoms with Crippen LogP contribution < -0.4 is 4.90 Å². The maximum Gasteiger partial charge on any atom is 0.356 e. The van der Waals surface area contributed by atoms with E-state index in [1.807, 2.05) is 18.0 Å². The molecule has 0 bridgehead atoms. The molecule has 6 nitrogen and oxygen atoms in total. The molecule has 0 saturated carbocycles. The van der Waals surface area contributed by atoms with E-state index in [1.54, 1.807) is 23.3 Å². The minimum absolute atomic E-state index is 0.110. The third-order valence-corrected chi connectivity index (χ3v) is 2.90. The van der Waals surface area contributed by atoms with E-state index in [0.717, 1.165) is 11.4 Å². The fourth-order valence-corrected chi connectivity index (χ4v) is 2.10. The second kappa shape index (κ2) is 3.31. The van der Waals surface area contributed by atoms with Crippen LogP contribution in [0.2, 0.25) is 0 Å². The second-order valence-electron chi connectivity index (χ2n) is 3.94. The Balaban J connectivity index is 2.26. The van der Waals surface area contributed by atoms with E-state index in [4.69, 9.17) is 5.11 Å². The molecule has 0 amide bonds. The number of rotatable bonds is 1. The van der Waals surface area contributed by atoms with Gasteiger partial charge in [0.15, 0.2) is 5.69 Å². The summed E-state index contributed by atoms with van der Waals surface area (Å²) in [5.74, 6) is -0.996. The number of imidazole rings is 1. The van der Waals surface area contributed by atoms with Gasteiger partial charge in [0.25, 0.3) is 0 Å². The van der Waals surface area contributed by atoms with E-state index in [0.29, 0.717) is 12.2 Å². The van der Waals surface area contributed by atoms with Gasteiger partial charge in [0.05, 0.1) is 29.8 Å². The van der Waals surface area contributed by atoms with Crippen LogP contribution in [0, 0.1) is 0 Å². The molecule has 3 heterocycles. The average Bonchev–Trinajstić information content (AvgIpc) is 2.73. The van der Waals surface area contributed by atoms with E-state index in [-0.39, 0.29) is 5.69 Å². The van der Waals surface area contributed by atoms with Crippen molar-refractivity contribution in [2.24, 2.45) is 0 Å². The van der Waals surface area contributed by atoms with Crippen molar-refractivity contribution in [1.82, 2.24) is 14.5 Å². The standard InChI is InChI=1S/C11H10N4O2/c1-14-5-9-10(11(16)17)13-6-15(9)7-2-3-12-4-8(7)14/h2-4,6H,5H2,1H3,(H,16,17). The molecule has 1 aliphatic heterocycles. The summed E-state index contributed by atoms with van der Waals surface area (Å²) >= 11 is 0. The highest BCUT2D eigenvalue weighted by molar-refractivity contribution is 5.87. The lowest BCUT2D eigenvalue weighted by molar-refractivity contribution is 0.0689. The zero-order chi connectivity index (χ0) is 12.0. The molecule has 2 aromatic rings. The lowest BCUT2D eigenvalue weighted by Gasteiger charge is -2.28. The van der Waals surface area contributed by atoms with Gasteiger partial charge < -0.3 is 10.0 Å². The summed E-state index contributed by atoms with van der Waals surface area (Å²) in [6, 6.07) is 1.85. The van der Waals surface area contributed by atoms with Gasteiger partial charge in [-0.15, -0.1) is 0 Å². The van der Waals surface area contributed by atoms with Crippen molar-refractivity contribution in [1.29, 1.82) is 0 Å². The van der Waals surface area contributed by atoms with Gasteiger partial charge in [-0.25, -0.2) is 9.78 Å². The quantitative estimate of drug-likeness (QED) is 0.788. The Labute approximate surface area is 97.2 Å². The molecule has 1 N–H and O–H groups in total. The summed E-state index contributed by atoms with van der Waals surface area (Å²) < 4.78 is 1.81. The molecule has 86 valence electrons. The second-order valence-corrected chi connectivity index (χ2v) is 3.94. The molecule has 0 atom stereocenters. The Bertz CT molecular complexity index is 605. The zero-order valence-corrected chi connectivity index (χ0v) is 9.16. The van der Waals surface area contributed by atoms with Crippen LogP contribution in [0.15, 0.2) is 24.8 Å². The number of hydrogen-bond donors (Lipinski definition) is 1. The van der Waals surface area contributed by atoms with Crippen LogP contribution >= 0.6 is 0 Å². The van der Waals surface area contributed by atoms with Crippen molar-refractivity contribution in [2.75, 3.05) is 11.9 Å². The molecule has 3 rings (SSSR count). The predicted molar refractivity (Wildman–Crippen MR) is 60.4 cm³/mol. The minimum atomic E-state index is -0.996. The van der Waals surface area contributed by atoms with E-state index in [2.05, 4.69) is 9.97 Å². The third kappa shape index (κ3) is 1.30. The Morgan fingerprint density at radius 1 is 1.47 bits per heavy atom. The topological polar surface area (TPSA) is 71.2 Å². The largest absolute Gasteiger partial charge is 0.476 e. The van der Waals surface area contributed by atoms with Crippen molar-refractivity contribution in [3.8, 4) is 5.69 Å². The van der Waals surface area contributed by atoms with Crippen LogP contribution in [0.5, 0.6) is 0 Å². The van der Waals surface area contributed by atoms with Crippen LogP contribution in [0.3, 0.4) is 0 Å². The first-order valence-electron chi connectivity index (χ1n) is 5.13. The van der Waals surface area contributed by atoms with Crippen molar-refractivity contribution >= 4 is 11.7 Å². The summed E-state index contributed by atoms with van der Waals surface area (Å²) in [5, 5.41) is 9.06. The highest BCUT2D eigenvalue weighted by Gasteiger charge is 2.25. The number of fused-ring (bicyclic) bond motifs is 3. The molecule has 0 spiro atoms. The number of carboxylic acids is 1. The van der Waals surface area contributed by atoms with Crippen molar-refractivity contribution in [3.05, 3.63) is 36.2 Å². The highest BCUT2D eigenvalue weighted by atomic mass is 16.4. The first kappa shape index (κ1) is 9.83. The van der Waals surface area contributed by atoms with Crippen molar-refractivity contribution in [3.63, 3.8) is 0 Å².